The van der Waals surface area contributed by atoms with E-state index in [0.29, 0.717) is 37.9 Å². The number of hydrogen-bond acceptors (Lipinski definition) is 7. The maximum absolute atomic E-state index is 13.1. The van der Waals surface area contributed by atoms with Crippen LogP contribution >= 0.6 is 0 Å². The van der Waals surface area contributed by atoms with Crippen molar-refractivity contribution >= 4 is 5.91 Å². The molecule has 1 aliphatic heterocycles. The number of ether oxygens (including phenoxy) is 3. The molecule has 0 aromatic carbocycles. The average Bonchev–Trinajstić information content (AvgIpc) is 3.43. The van der Waals surface area contributed by atoms with Crippen molar-refractivity contribution in [2.75, 3.05) is 33.5 Å². The molecule has 1 amide bonds. The van der Waals surface area contributed by atoms with Gasteiger partial charge in [-0.15, -0.1) is 0 Å². The second-order valence-electron chi connectivity index (χ2n) is 8.25. The van der Waals surface area contributed by atoms with Crippen LogP contribution in [0.25, 0.3) is 11.5 Å². The summed E-state index contributed by atoms with van der Waals surface area (Å²) in [7, 11) is 3.56. The number of amides is 1. The van der Waals surface area contributed by atoms with E-state index in [1.807, 2.05) is 17.7 Å². The number of methoxy groups -OCH3 is 1. The van der Waals surface area contributed by atoms with Gasteiger partial charge in [-0.25, -0.2) is 15.0 Å². The Kier molecular flexibility index (Phi) is 7.26. The van der Waals surface area contributed by atoms with Crippen molar-refractivity contribution in [3.63, 3.8) is 0 Å². The smallest absolute Gasteiger partial charge is 0.270 e. The zero-order chi connectivity index (χ0) is 21.6. The van der Waals surface area contributed by atoms with Crippen LogP contribution in [0.15, 0.2) is 18.6 Å². The Morgan fingerprint density at radius 3 is 2.81 bits per heavy atom. The van der Waals surface area contributed by atoms with Crippen LogP contribution < -0.4 is 5.32 Å². The van der Waals surface area contributed by atoms with Crippen molar-refractivity contribution < 1.29 is 19.0 Å². The van der Waals surface area contributed by atoms with Crippen molar-refractivity contribution in [1.82, 2.24) is 24.8 Å². The lowest BCUT2D eigenvalue weighted by molar-refractivity contribution is 0.0200. The normalized spacial score (nSPS) is 22.0. The number of rotatable bonds is 8. The molecule has 9 heteroatoms. The molecule has 1 N–H and O–H groups in total. The topological polar surface area (TPSA) is 100 Å². The van der Waals surface area contributed by atoms with E-state index < -0.39 is 0 Å². The molecule has 0 radical (unpaired) electrons. The third-order valence-corrected chi connectivity index (χ3v) is 6.02. The molecule has 0 spiro atoms. The highest BCUT2D eigenvalue weighted by Gasteiger charge is 2.28. The summed E-state index contributed by atoms with van der Waals surface area (Å²) in [6, 6.07) is 1.92. The Hall–Kier alpha value is -2.36. The van der Waals surface area contributed by atoms with Crippen molar-refractivity contribution in [2.45, 2.75) is 50.2 Å². The van der Waals surface area contributed by atoms with Crippen LogP contribution in [0.2, 0.25) is 0 Å². The number of hydrogen-bond donors (Lipinski definition) is 1. The monoisotopic (exact) mass is 429 g/mol. The van der Waals surface area contributed by atoms with Crippen molar-refractivity contribution in [2.24, 2.45) is 7.05 Å². The van der Waals surface area contributed by atoms with E-state index in [9.17, 15) is 4.79 Å². The van der Waals surface area contributed by atoms with Gasteiger partial charge in [0.1, 0.15) is 11.4 Å². The fourth-order valence-electron chi connectivity index (χ4n) is 4.25. The summed E-state index contributed by atoms with van der Waals surface area (Å²) >= 11 is 0. The van der Waals surface area contributed by atoms with Crippen LogP contribution in [0, 0.1) is 0 Å². The van der Waals surface area contributed by atoms with Gasteiger partial charge in [0.2, 0.25) is 0 Å². The molecule has 31 heavy (non-hydrogen) atoms. The minimum absolute atomic E-state index is 0.0849. The SMILES string of the molecule is COCCO[C@@H]1CC[C@@H](NC(=O)c2cc(C3CCOCC3)nc(-c3cncn3C)n2)C1. The van der Waals surface area contributed by atoms with Crippen molar-refractivity contribution in [3.05, 3.63) is 30.0 Å². The molecule has 4 rings (SSSR count). The molecule has 0 unspecified atom stereocenters. The summed E-state index contributed by atoms with van der Waals surface area (Å²) in [4.78, 5) is 26.7. The molecule has 0 bridgehead atoms. The number of aromatic nitrogens is 4. The van der Waals surface area contributed by atoms with E-state index >= 15 is 0 Å². The van der Waals surface area contributed by atoms with Crippen LogP contribution in [0.5, 0.6) is 0 Å². The Labute approximate surface area is 182 Å². The summed E-state index contributed by atoms with van der Waals surface area (Å²) in [6.07, 6.45) is 8.03. The van der Waals surface area contributed by atoms with Crippen LogP contribution in [-0.2, 0) is 21.3 Å². The minimum Gasteiger partial charge on any atom is -0.382 e. The zero-order valence-corrected chi connectivity index (χ0v) is 18.2. The Bertz CT molecular complexity index is 881. The number of carbonyl (C=O) groups excluding carboxylic acids is 1. The second kappa shape index (κ2) is 10.3. The lowest BCUT2D eigenvalue weighted by Crippen LogP contribution is -2.34. The molecular formula is C22H31N5O4. The molecule has 9 nitrogen and oxygen atoms in total. The fourth-order valence-corrected chi connectivity index (χ4v) is 4.25. The van der Waals surface area contributed by atoms with Crippen LogP contribution in [0.3, 0.4) is 0 Å². The number of nitrogens with zero attached hydrogens (tertiary/aromatic N) is 4. The van der Waals surface area contributed by atoms with E-state index in [1.54, 1.807) is 19.6 Å². The van der Waals surface area contributed by atoms with Gasteiger partial charge in [-0.1, -0.05) is 0 Å². The predicted octanol–water partition coefficient (Wildman–Crippen LogP) is 2.08. The lowest BCUT2D eigenvalue weighted by atomic mass is 9.95. The summed E-state index contributed by atoms with van der Waals surface area (Å²) in [5.74, 6) is 0.628. The van der Waals surface area contributed by atoms with Crippen molar-refractivity contribution in [1.29, 1.82) is 0 Å². The Balaban J connectivity index is 1.50. The quantitative estimate of drug-likeness (QED) is 0.641. The van der Waals surface area contributed by atoms with Crippen LogP contribution in [0.4, 0.5) is 0 Å². The highest BCUT2D eigenvalue weighted by atomic mass is 16.5. The molecule has 2 aliphatic rings. The Morgan fingerprint density at radius 1 is 1.23 bits per heavy atom. The maximum Gasteiger partial charge on any atom is 0.270 e. The molecule has 168 valence electrons. The number of nitrogens with one attached hydrogen (secondary N) is 1. The molecule has 3 heterocycles. The second-order valence-corrected chi connectivity index (χ2v) is 8.25. The Morgan fingerprint density at radius 2 is 2.06 bits per heavy atom. The first-order valence-corrected chi connectivity index (χ1v) is 11.0. The fraction of sp³-hybridized carbons (Fsp3) is 0.636. The standard InChI is InChI=1S/C22H31N5O4/c1-27-14-23-13-20(27)21-25-18(15-5-7-30-8-6-15)12-19(26-21)22(28)24-16-3-4-17(11-16)31-10-9-29-2/h12-17H,3-11H2,1-2H3,(H,24,28)/t16-,17-/m1/s1. The third-order valence-electron chi connectivity index (χ3n) is 6.02. The molecule has 1 saturated heterocycles. The number of carbonyl (C=O) groups is 1. The van der Waals surface area contributed by atoms with Gasteiger partial charge < -0.3 is 24.1 Å². The maximum atomic E-state index is 13.1. The number of aryl methyl sites for hydroxylation is 1. The van der Waals surface area contributed by atoms with Gasteiger partial charge in [0.25, 0.3) is 5.91 Å². The summed E-state index contributed by atoms with van der Waals surface area (Å²) in [6.45, 7) is 2.59. The summed E-state index contributed by atoms with van der Waals surface area (Å²) in [5, 5.41) is 3.15. The molecule has 2 aromatic heterocycles. The van der Waals surface area contributed by atoms with E-state index in [-0.39, 0.29) is 24.0 Å². The van der Waals surface area contributed by atoms with E-state index in [1.165, 1.54) is 0 Å². The first-order chi connectivity index (χ1) is 15.1. The first kappa shape index (κ1) is 21.9. The molecule has 2 fully saturated rings. The average molecular weight is 430 g/mol. The molecule has 2 aromatic rings. The van der Waals surface area contributed by atoms with Gasteiger partial charge in [-0.3, -0.25) is 4.79 Å². The summed E-state index contributed by atoms with van der Waals surface area (Å²) in [5.41, 5.74) is 2.08. The molecular weight excluding hydrogens is 398 g/mol. The highest BCUT2D eigenvalue weighted by Crippen LogP contribution is 2.28. The van der Waals surface area contributed by atoms with Gasteiger partial charge in [0, 0.05) is 45.0 Å². The highest BCUT2D eigenvalue weighted by molar-refractivity contribution is 5.93. The molecule has 1 aliphatic carbocycles. The molecule has 2 atom stereocenters. The van der Waals surface area contributed by atoms with Gasteiger partial charge in [0.15, 0.2) is 5.82 Å². The first-order valence-electron chi connectivity index (χ1n) is 11.0. The minimum atomic E-state index is -0.165. The summed E-state index contributed by atoms with van der Waals surface area (Å²) < 4.78 is 18.2. The van der Waals surface area contributed by atoms with Gasteiger partial charge in [-0.05, 0) is 38.2 Å². The van der Waals surface area contributed by atoms with Gasteiger partial charge >= 0.3 is 0 Å². The van der Waals surface area contributed by atoms with E-state index in [2.05, 4.69) is 15.3 Å². The van der Waals surface area contributed by atoms with Crippen molar-refractivity contribution in [3.8, 4) is 11.5 Å². The van der Waals surface area contributed by atoms with Gasteiger partial charge in [0.05, 0.1) is 31.8 Å². The largest absolute Gasteiger partial charge is 0.382 e. The zero-order valence-electron chi connectivity index (χ0n) is 18.2. The van der Waals surface area contributed by atoms with Gasteiger partial charge in [-0.2, -0.15) is 0 Å². The van der Waals surface area contributed by atoms with E-state index in [0.717, 1.165) is 43.5 Å². The third kappa shape index (κ3) is 5.47. The van der Waals surface area contributed by atoms with Crippen LogP contribution in [-0.4, -0.2) is 71.1 Å². The lowest BCUT2D eigenvalue weighted by Gasteiger charge is -2.22. The number of imidazole rings is 1. The predicted molar refractivity (Wildman–Crippen MR) is 114 cm³/mol. The molecule has 1 saturated carbocycles. The van der Waals surface area contributed by atoms with Crippen LogP contribution in [0.1, 0.15) is 54.2 Å². The van der Waals surface area contributed by atoms with E-state index in [4.69, 9.17) is 19.2 Å².